The van der Waals surface area contributed by atoms with Gasteiger partial charge in [0.25, 0.3) is 17.5 Å². The van der Waals surface area contributed by atoms with E-state index in [1.807, 2.05) is 6.08 Å². The number of fused-ring (bicyclic) bond motifs is 5. The number of carbonyl (C=O) groups is 4. The third kappa shape index (κ3) is 5.69. The molecule has 2 aliphatic carbocycles. The lowest BCUT2D eigenvalue weighted by Gasteiger charge is -2.51. The van der Waals surface area contributed by atoms with Crippen molar-refractivity contribution in [2.45, 2.75) is 30.4 Å². The lowest BCUT2D eigenvalue weighted by atomic mass is 9.49. The van der Waals surface area contributed by atoms with Crippen molar-refractivity contribution < 1.29 is 42.4 Å². The molecule has 0 spiro atoms. The Morgan fingerprint density at radius 3 is 2.24 bits per heavy atom. The van der Waals surface area contributed by atoms with E-state index in [1.54, 1.807) is 54.6 Å². The van der Waals surface area contributed by atoms with Crippen molar-refractivity contribution in [1.82, 2.24) is 9.99 Å². The molecule has 2 N–H and O–H groups in total. The zero-order valence-corrected chi connectivity index (χ0v) is 31.7. The number of aromatic nitrogens is 1. The molecule has 0 bridgehead atoms. The molecule has 1 saturated carbocycles. The van der Waals surface area contributed by atoms with Gasteiger partial charge in [-0.3, -0.25) is 39.6 Å². The largest absolute Gasteiger partial charge is 0.507 e. The molecule has 5 aromatic rings. The number of alkyl halides is 3. The molecule has 12 nitrogen and oxygen atoms in total. The first-order valence-electron chi connectivity index (χ1n) is 18.3. The Labute approximate surface area is 342 Å². The first-order chi connectivity index (χ1) is 28.1. The van der Waals surface area contributed by atoms with Crippen LogP contribution in [-0.2, 0) is 30.8 Å². The van der Waals surface area contributed by atoms with Crippen molar-refractivity contribution in [1.29, 1.82) is 0 Å². The number of amides is 4. The Balaban J connectivity index is 1.24. The minimum Gasteiger partial charge on any atom is -0.507 e. The second kappa shape index (κ2) is 13.6. The summed E-state index contributed by atoms with van der Waals surface area (Å²) in [4.78, 5) is 74.9. The molecule has 4 amide bonds. The molecule has 59 heavy (non-hydrogen) atoms. The molecule has 4 aromatic carbocycles. The van der Waals surface area contributed by atoms with E-state index in [0.717, 1.165) is 4.90 Å². The predicted molar refractivity (Wildman–Crippen MR) is 208 cm³/mol. The van der Waals surface area contributed by atoms with E-state index >= 15 is 9.59 Å². The molecular weight excluding hydrogens is 814 g/mol. The highest BCUT2D eigenvalue weighted by Crippen LogP contribution is 2.65. The lowest BCUT2D eigenvalue weighted by molar-refractivity contribution is -0.384. The predicted octanol–water partition coefficient (Wildman–Crippen LogP) is 8.36. The second-order valence-electron chi connectivity index (χ2n) is 14.9. The number of nitrogens with zero attached hydrogens (tertiary/aromatic N) is 4. The fourth-order valence-corrected chi connectivity index (χ4v) is 10.00. The maximum Gasteiger partial charge on any atom is 0.417 e. The number of nitro benzene ring substituents is 1. The molecule has 2 saturated heterocycles. The van der Waals surface area contributed by atoms with E-state index in [1.165, 1.54) is 30.3 Å². The monoisotopic (exact) mass is 841 g/mol. The van der Waals surface area contributed by atoms with Crippen LogP contribution in [0.1, 0.15) is 35.4 Å². The highest BCUT2D eigenvalue weighted by Gasteiger charge is 2.70. The van der Waals surface area contributed by atoms with E-state index in [2.05, 4.69) is 10.4 Å². The first-order valence-corrected chi connectivity index (χ1v) is 19.0. The van der Waals surface area contributed by atoms with Crippen molar-refractivity contribution in [2.75, 3.05) is 10.3 Å². The summed E-state index contributed by atoms with van der Waals surface area (Å²) >= 11 is 12.7. The Bertz CT molecular complexity index is 2690. The summed E-state index contributed by atoms with van der Waals surface area (Å²) in [5.74, 6) is -8.12. The number of hydrazine groups is 1. The van der Waals surface area contributed by atoms with Crippen molar-refractivity contribution in [3.63, 3.8) is 0 Å². The number of halogens is 5. The summed E-state index contributed by atoms with van der Waals surface area (Å²) in [6.07, 6.45) is -2.47. The molecular formula is C42H28Cl2F3N5O7. The van der Waals surface area contributed by atoms with Crippen LogP contribution in [0.25, 0.3) is 10.8 Å². The number of nitro groups is 1. The van der Waals surface area contributed by atoms with Crippen molar-refractivity contribution in [3.8, 4) is 5.75 Å². The van der Waals surface area contributed by atoms with Gasteiger partial charge in [-0.25, -0.2) is 4.98 Å². The summed E-state index contributed by atoms with van der Waals surface area (Å²) in [5.41, 5.74) is 1.04. The van der Waals surface area contributed by atoms with Crippen molar-refractivity contribution in [3.05, 3.63) is 146 Å². The number of hydrogen-bond donors (Lipinski definition) is 2. The van der Waals surface area contributed by atoms with Gasteiger partial charge in [0.2, 0.25) is 11.8 Å². The summed E-state index contributed by atoms with van der Waals surface area (Å²) in [5, 5.41) is 23.9. The molecule has 6 atom stereocenters. The van der Waals surface area contributed by atoms with Crippen molar-refractivity contribution >= 4 is 74.8 Å². The number of carbonyl (C=O) groups excluding carboxylic acids is 4. The van der Waals surface area contributed by atoms with E-state index in [-0.39, 0.29) is 30.0 Å². The van der Waals surface area contributed by atoms with Gasteiger partial charge in [0.05, 0.1) is 44.4 Å². The molecule has 3 fully saturated rings. The maximum absolute atomic E-state index is 15.5. The Hall–Kier alpha value is -6.32. The zero-order valence-electron chi connectivity index (χ0n) is 30.2. The number of phenolic OH excluding ortho intramolecular Hbond substituents is 1. The van der Waals surface area contributed by atoms with Crippen LogP contribution in [0.3, 0.4) is 0 Å². The normalized spacial score (nSPS) is 25.2. The number of aromatic hydroxyl groups is 1. The molecule has 9 rings (SSSR count). The number of imide groups is 2. The van der Waals surface area contributed by atoms with Gasteiger partial charge in [-0.15, -0.1) is 0 Å². The summed E-state index contributed by atoms with van der Waals surface area (Å²) in [6.45, 7) is 0. The molecule has 0 radical (unpaired) electrons. The number of phenols is 1. The third-order valence-electron chi connectivity index (χ3n) is 12.1. The van der Waals surface area contributed by atoms with Gasteiger partial charge in [0.1, 0.15) is 5.75 Å². The number of rotatable bonds is 6. The second-order valence-corrected chi connectivity index (χ2v) is 15.8. The van der Waals surface area contributed by atoms with Gasteiger partial charge in [-0.1, -0.05) is 77.3 Å². The number of hydrogen-bond acceptors (Lipinski definition) is 9. The number of pyridine rings is 1. The van der Waals surface area contributed by atoms with E-state index < -0.39 is 86.1 Å². The van der Waals surface area contributed by atoms with Crippen LogP contribution in [-0.4, -0.2) is 43.7 Å². The van der Waals surface area contributed by atoms with E-state index in [0.29, 0.717) is 49.8 Å². The first kappa shape index (κ1) is 38.2. The van der Waals surface area contributed by atoms with Gasteiger partial charge in [-0.05, 0) is 71.7 Å². The maximum atomic E-state index is 15.5. The average molecular weight is 843 g/mol. The number of non-ortho nitro benzene ring substituents is 1. The number of anilines is 2. The van der Waals surface area contributed by atoms with E-state index in [9.17, 15) is 38.0 Å². The highest BCUT2D eigenvalue weighted by atomic mass is 35.5. The molecule has 298 valence electrons. The quantitative estimate of drug-likeness (QED) is 0.0740. The van der Waals surface area contributed by atoms with Crippen LogP contribution in [0, 0.1) is 33.8 Å². The molecule has 4 aliphatic rings. The minimum absolute atomic E-state index is 0.0538. The number of nitrogens with one attached hydrogen (secondary N) is 1. The number of allylic oxidation sites excluding steroid dienone is 2. The average Bonchev–Trinajstić information content (AvgIpc) is 3.59. The Kier molecular flexibility index (Phi) is 8.83. The fourth-order valence-electron chi connectivity index (χ4n) is 9.66. The molecule has 6 unspecified atom stereocenters. The highest BCUT2D eigenvalue weighted by molar-refractivity contribution is 6.33. The zero-order chi connectivity index (χ0) is 41.7. The fraction of sp³-hybridized carbons (Fsp3) is 0.214. The van der Waals surface area contributed by atoms with Crippen LogP contribution in [0.4, 0.5) is 30.4 Å². The molecule has 1 aromatic heterocycles. The van der Waals surface area contributed by atoms with Crippen LogP contribution in [0.2, 0.25) is 10.0 Å². The molecule has 2 aliphatic heterocycles. The summed E-state index contributed by atoms with van der Waals surface area (Å²) in [7, 11) is 0. The Morgan fingerprint density at radius 2 is 1.58 bits per heavy atom. The topological polar surface area (TPSA) is 163 Å². The van der Waals surface area contributed by atoms with Crippen LogP contribution in [0.5, 0.6) is 5.75 Å². The van der Waals surface area contributed by atoms with Gasteiger partial charge >= 0.3 is 6.18 Å². The SMILES string of the molecule is O=C1C2CC3C(=CCC4C(=O)N(c5ccc([N+](=O)[O-])cc5)C(=O)C43)C(c3ccc(O)c4ccccc34)C2(c2ccc(Cl)cc2)C(=O)N1Nc1ncc(C(F)(F)F)cc1Cl. The van der Waals surface area contributed by atoms with Crippen LogP contribution < -0.4 is 10.3 Å². The third-order valence-corrected chi connectivity index (χ3v) is 12.7. The Morgan fingerprint density at radius 1 is 0.881 bits per heavy atom. The van der Waals surface area contributed by atoms with Crippen LogP contribution in [0.15, 0.2) is 109 Å². The molecule has 17 heteroatoms. The van der Waals surface area contributed by atoms with Crippen molar-refractivity contribution in [2.24, 2.45) is 23.7 Å². The van der Waals surface area contributed by atoms with Gasteiger partial charge in [0.15, 0.2) is 5.82 Å². The van der Waals surface area contributed by atoms with Gasteiger partial charge in [0, 0.05) is 34.7 Å². The van der Waals surface area contributed by atoms with Gasteiger partial charge in [-0.2, -0.15) is 18.2 Å². The van der Waals surface area contributed by atoms with E-state index in [4.69, 9.17) is 23.2 Å². The van der Waals surface area contributed by atoms with Gasteiger partial charge < -0.3 is 5.11 Å². The molecule has 3 heterocycles. The van der Waals surface area contributed by atoms with Crippen LogP contribution >= 0.6 is 23.2 Å². The number of benzene rings is 4. The smallest absolute Gasteiger partial charge is 0.417 e. The standard InChI is InChI=1S/C42H28Cl2F3N5O7/c43-22-7-5-20(6-8-22)41-31(38(55)51(40(41)57)49-36-32(44)17-21(19-48-36)42(45,46)47)18-30-28(35(41)27-15-16-33(53)26-4-2-1-3-25(26)27)13-14-29-34(30)39(56)50(37(29)54)23-9-11-24(12-10-23)52(58)59/h1-13,15-17,19,29-31,34-35,53H,14,18H2,(H,48,49). The summed E-state index contributed by atoms with van der Waals surface area (Å²) < 4.78 is 40.7. The minimum atomic E-state index is -4.78. The lowest BCUT2D eigenvalue weighted by Crippen LogP contribution is -2.53. The summed E-state index contributed by atoms with van der Waals surface area (Å²) in [6, 6.07) is 22.1.